The molecular formula is C6H11NO2S. The van der Waals surface area contributed by atoms with Crippen LogP contribution in [0, 0.1) is 10.1 Å². The molecule has 1 rings (SSSR count). The van der Waals surface area contributed by atoms with Crippen LogP contribution in [0.25, 0.3) is 0 Å². The van der Waals surface area contributed by atoms with Gasteiger partial charge in [-0.25, -0.2) is 0 Å². The third-order valence-electron chi connectivity index (χ3n) is 2.22. The summed E-state index contributed by atoms with van der Waals surface area (Å²) in [5, 5.41) is 10.5. The molecule has 1 fully saturated rings. The molecule has 0 aromatic carbocycles. The number of thiol groups is 1. The fourth-order valence-electron chi connectivity index (χ4n) is 1.43. The molecule has 0 heterocycles. The summed E-state index contributed by atoms with van der Waals surface area (Å²) < 4.78 is 0. The molecule has 0 atom stereocenters. The first-order chi connectivity index (χ1) is 4.71. The second kappa shape index (κ2) is 2.78. The highest BCUT2D eigenvalue weighted by Gasteiger charge is 2.43. The summed E-state index contributed by atoms with van der Waals surface area (Å²) in [6.45, 7) is 0. The summed E-state index contributed by atoms with van der Waals surface area (Å²) in [5.41, 5.74) is -0.677. The van der Waals surface area contributed by atoms with Crippen LogP contribution < -0.4 is 0 Å². The topological polar surface area (TPSA) is 43.1 Å². The van der Waals surface area contributed by atoms with Gasteiger partial charge < -0.3 is 0 Å². The Morgan fingerprint density at radius 3 is 2.20 bits per heavy atom. The molecule has 0 aromatic rings. The highest BCUT2D eigenvalue weighted by molar-refractivity contribution is 7.80. The summed E-state index contributed by atoms with van der Waals surface area (Å²) in [7, 11) is 0. The molecule has 0 radical (unpaired) electrons. The van der Waals surface area contributed by atoms with Gasteiger partial charge in [-0.2, -0.15) is 12.6 Å². The fraction of sp³-hybridized carbons (Fsp3) is 1.00. The Hall–Kier alpha value is -0.250. The molecule has 0 bridgehead atoms. The van der Waals surface area contributed by atoms with E-state index in [9.17, 15) is 10.1 Å². The Labute approximate surface area is 65.4 Å². The highest BCUT2D eigenvalue weighted by Crippen LogP contribution is 2.33. The van der Waals surface area contributed by atoms with Crippen LogP contribution in [0.3, 0.4) is 0 Å². The van der Waals surface area contributed by atoms with Gasteiger partial charge in [0.25, 0.3) is 0 Å². The SMILES string of the molecule is O=[N+]([O-])C1(CS)CCCC1. The second-order valence-corrected chi connectivity index (χ2v) is 3.16. The Balaban J connectivity index is 2.67. The number of hydrogen-bond donors (Lipinski definition) is 1. The lowest BCUT2D eigenvalue weighted by Crippen LogP contribution is -2.36. The van der Waals surface area contributed by atoms with E-state index in [1.807, 2.05) is 0 Å². The van der Waals surface area contributed by atoms with Crippen molar-refractivity contribution in [3.63, 3.8) is 0 Å². The van der Waals surface area contributed by atoms with Crippen molar-refractivity contribution in [1.82, 2.24) is 0 Å². The predicted molar refractivity (Wildman–Crippen MR) is 42.0 cm³/mol. The molecule has 1 saturated carbocycles. The van der Waals surface area contributed by atoms with E-state index >= 15 is 0 Å². The maximum absolute atomic E-state index is 10.5. The minimum atomic E-state index is -0.677. The fourth-order valence-corrected chi connectivity index (χ4v) is 1.86. The lowest BCUT2D eigenvalue weighted by molar-refractivity contribution is -0.561. The lowest BCUT2D eigenvalue weighted by atomic mass is 10.0. The van der Waals surface area contributed by atoms with Gasteiger partial charge in [-0.15, -0.1) is 0 Å². The van der Waals surface area contributed by atoms with E-state index in [-0.39, 0.29) is 4.92 Å². The average molecular weight is 161 g/mol. The van der Waals surface area contributed by atoms with Crippen LogP contribution in [-0.4, -0.2) is 16.2 Å². The molecular weight excluding hydrogens is 150 g/mol. The van der Waals surface area contributed by atoms with E-state index in [2.05, 4.69) is 12.6 Å². The maximum atomic E-state index is 10.5. The Bertz CT molecular complexity index is 143. The number of nitrogens with zero attached hydrogens (tertiary/aromatic N) is 1. The zero-order valence-electron chi connectivity index (χ0n) is 5.75. The van der Waals surface area contributed by atoms with Crippen molar-refractivity contribution in [2.75, 3.05) is 5.75 Å². The zero-order chi connectivity index (χ0) is 7.61. The average Bonchev–Trinajstić information content (AvgIpc) is 2.35. The zero-order valence-corrected chi connectivity index (χ0v) is 6.64. The van der Waals surface area contributed by atoms with Crippen LogP contribution in [0.15, 0.2) is 0 Å². The van der Waals surface area contributed by atoms with Crippen LogP contribution in [0.4, 0.5) is 0 Å². The van der Waals surface area contributed by atoms with Crippen molar-refractivity contribution in [3.8, 4) is 0 Å². The molecule has 10 heavy (non-hydrogen) atoms. The number of nitro groups is 1. The molecule has 58 valence electrons. The summed E-state index contributed by atoms with van der Waals surface area (Å²) in [4.78, 5) is 10.4. The van der Waals surface area contributed by atoms with Gasteiger partial charge in [0.1, 0.15) is 0 Å². The second-order valence-electron chi connectivity index (χ2n) is 2.85. The van der Waals surface area contributed by atoms with Crippen LogP contribution in [0.1, 0.15) is 25.7 Å². The van der Waals surface area contributed by atoms with Crippen molar-refractivity contribution in [2.45, 2.75) is 31.2 Å². The lowest BCUT2D eigenvalue weighted by Gasteiger charge is -2.15. The van der Waals surface area contributed by atoms with Crippen LogP contribution >= 0.6 is 12.6 Å². The third-order valence-corrected chi connectivity index (χ3v) is 2.80. The van der Waals surface area contributed by atoms with E-state index in [1.165, 1.54) is 0 Å². The van der Waals surface area contributed by atoms with E-state index in [4.69, 9.17) is 0 Å². The molecule has 1 aliphatic rings. The molecule has 0 N–H and O–H groups in total. The van der Waals surface area contributed by atoms with E-state index in [0.717, 1.165) is 12.8 Å². The minimum absolute atomic E-state index is 0.160. The minimum Gasteiger partial charge on any atom is -0.264 e. The first kappa shape index (κ1) is 7.85. The first-order valence-corrected chi connectivity index (χ1v) is 4.10. The predicted octanol–water partition coefficient (Wildman–Crippen LogP) is 1.51. The van der Waals surface area contributed by atoms with Gasteiger partial charge in [-0.05, 0) is 12.8 Å². The monoisotopic (exact) mass is 161 g/mol. The summed E-state index contributed by atoms with van der Waals surface area (Å²) in [6.07, 6.45) is 3.40. The summed E-state index contributed by atoms with van der Waals surface area (Å²) in [6, 6.07) is 0. The van der Waals surface area contributed by atoms with E-state index < -0.39 is 5.54 Å². The van der Waals surface area contributed by atoms with Crippen LogP contribution in [-0.2, 0) is 0 Å². The molecule has 0 aromatic heterocycles. The Kier molecular flexibility index (Phi) is 2.18. The highest BCUT2D eigenvalue weighted by atomic mass is 32.1. The van der Waals surface area contributed by atoms with Gasteiger partial charge in [0, 0.05) is 17.8 Å². The first-order valence-electron chi connectivity index (χ1n) is 3.47. The van der Waals surface area contributed by atoms with Crippen molar-refractivity contribution in [3.05, 3.63) is 10.1 Å². The molecule has 0 saturated heterocycles. The van der Waals surface area contributed by atoms with Gasteiger partial charge in [0.05, 0.1) is 5.75 Å². The largest absolute Gasteiger partial charge is 0.264 e. The smallest absolute Gasteiger partial charge is 0.230 e. The van der Waals surface area contributed by atoms with E-state index in [0.29, 0.717) is 18.6 Å². The normalized spacial score (nSPS) is 22.9. The third kappa shape index (κ3) is 1.12. The van der Waals surface area contributed by atoms with Crippen LogP contribution in [0.2, 0.25) is 0 Å². The Morgan fingerprint density at radius 2 is 2.00 bits per heavy atom. The quantitative estimate of drug-likeness (QED) is 0.379. The van der Waals surface area contributed by atoms with Gasteiger partial charge in [0.15, 0.2) is 0 Å². The van der Waals surface area contributed by atoms with Crippen molar-refractivity contribution >= 4 is 12.6 Å². The van der Waals surface area contributed by atoms with Crippen molar-refractivity contribution in [1.29, 1.82) is 0 Å². The standard InChI is InChI=1S/C6H11NO2S/c8-7(9)6(5-10)3-1-2-4-6/h10H,1-5H2. The van der Waals surface area contributed by atoms with Gasteiger partial charge >= 0.3 is 0 Å². The molecule has 1 aliphatic carbocycles. The van der Waals surface area contributed by atoms with Gasteiger partial charge in [0.2, 0.25) is 5.54 Å². The summed E-state index contributed by atoms with van der Waals surface area (Å²) in [5.74, 6) is 0.389. The van der Waals surface area contributed by atoms with Crippen molar-refractivity contribution in [2.24, 2.45) is 0 Å². The molecule has 0 unspecified atom stereocenters. The molecule has 0 spiro atoms. The van der Waals surface area contributed by atoms with E-state index in [1.54, 1.807) is 0 Å². The van der Waals surface area contributed by atoms with Crippen LogP contribution in [0.5, 0.6) is 0 Å². The van der Waals surface area contributed by atoms with Crippen molar-refractivity contribution < 1.29 is 4.92 Å². The Morgan fingerprint density at radius 1 is 1.50 bits per heavy atom. The molecule has 4 heteroatoms. The number of rotatable bonds is 2. The number of hydrogen-bond acceptors (Lipinski definition) is 3. The molecule has 0 amide bonds. The van der Waals surface area contributed by atoms with Gasteiger partial charge in [-0.3, -0.25) is 10.1 Å². The molecule has 3 nitrogen and oxygen atoms in total. The maximum Gasteiger partial charge on any atom is 0.230 e. The van der Waals surface area contributed by atoms with Gasteiger partial charge in [-0.1, -0.05) is 0 Å². The summed E-state index contributed by atoms with van der Waals surface area (Å²) >= 11 is 4.00. The molecule has 0 aliphatic heterocycles.